The molecule has 0 aliphatic carbocycles. The monoisotopic (exact) mass is 414 g/mol. The first-order valence-corrected chi connectivity index (χ1v) is 10.1. The minimum atomic E-state index is -3.73. The third-order valence-electron chi connectivity index (χ3n) is 3.94. The molecule has 0 aliphatic rings. The van der Waals surface area contributed by atoms with Crippen molar-refractivity contribution < 1.29 is 22.4 Å². The number of carbonyl (C=O) groups excluding carboxylic acids is 2. The van der Waals surface area contributed by atoms with Gasteiger partial charge in [-0.05, 0) is 36.2 Å². The first-order valence-electron chi connectivity index (χ1n) is 8.55. The van der Waals surface area contributed by atoms with Crippen molar-refractivity contribution in [3.05, 3.63) is 77.7 Å². The summed E-state index contributed by atoms with van der Waals surface area (Å²) in [4.78, 5) is 28.2. The standard InChI is InChI=1S/C19H18N4O5S/c20-29(26,27)15-8-6-13(7-9-15)10-11-21-18(25)16-12-28-19(22-16)23-17(24)14-4-2-1-3-5-14/h1-9,12H,10-11H2,(H,21,25)(H2,20,26,27)(H,22,23,24). The van der Waals surface area contributed by atoms with Gasteiger partial charge in [0.2, 0.25) is 10.0 Å². The summed E-state index contributed by atoms with van der Waals surface area (Å²) in [5.41, 5.74) is 1.29. The number of oxazole rings is 1. The number of hydrogen-bond donors (Lipinski definition) is 3. The molecule has 0 saturated carbocycles. The van der Waals surface area contributed by atoms with E-state index in [0.29, 0.717) is 18.5 Å². The van der Waals surface area contributed by atoms with Gasteiger partial charge < -0.3 is 9.73 Å². The molecule has 0 spiro atoms. The van der Waals surface area contributed by atoms with Crippen LogP contribution in [0, 0.1) is 0 Å². The predicted octanol–water partition coefficient (Wildman–Crippen LogP) is 1.55. The van der Waals surface area contributed by atoms with E-state index in [1.165, 1.54) is 12.1 Å². The second kappa shape index (κ2) is 8.67. The van der Waals surface area contributed by atoms with E-state index in [1.54, 1.807) is 42.5 Å². The number of carbonyl (C=O) groups is 2. The molecule has 0 saturated heterocycles. The van der Waals surface area contributed by atoms with E-state index < -0.39 is 21.8 Å². The van der Waals surface area contributed by atoms with Gasteiger partial charge >= 0.3 is 6.01 Å². The fraction of sp³-hybridized carbons (Fsp3) is 0.105. The average molecular weight is 414 g/mol. The minimum absolute atomic E-state index is 0.0259. The number of nitrogens with one attached hydrogen (secondary N) is 2. The second-order valence-electron chi connectivity index (χ2n) is 6.05. The Morgan fingerprint density at radius 3 is 2.34 bits per heavy atom. The summed E-state index contributed by atoms with van der Waals surface area (Å²) >= 11 is 0. The lowest BCUT2D eigenvalue weighted by atomic mass is 10.1. The SMILES string of the molecule is NS(=O)(=O)c1ccc(CCNC(=O)c2coc(NC(=O)c3ccccc3)n2)cc1. The number of rotatable bonds is 7. The Morgan fingerprint density at radius 2 is 1.69 bits per heavy atom. The van der Waals surface area contributed by atoms with E-state index in [1.807, 2.05) is 0 Å². The van der Waals surface area contributed by atoms with E-state index >= 15 is 0 Å². The maximum Gasteiger partial charge on any atom is 0.302 e. The Hall–Kier alpha value is -3.50. The molecular weight excluding hydrogens is 396 g/mol. The molecule has 0 bridgehead atoms. The molecule has 3 rings (SSSR count). The van der Waals surface area contributed by atoms with Crippen LogP contribution < -0.4 is 15.8 Å². The summed E-state index contributed by atoms with van der Waals surface area (Å²) in [5, 5.41) is 10.2. The van der Waals surface area contributed by atoms with E-state index in [2.05, 4.69) is 15.6 Å². The topological polar surface area (TPSA) is 144 Å². The third kappa shape index (κ3) is 5.50. The molecule has 2 amide bonds. The van der Waals surface area contributed by atoms with Crippen LogP contribution in [-0.4, -0.2) is 31.8 Å². The van der Waals surface area contributed by atoms with E-state index in [-0.39, 0.29) is 16.6 Å². The molecule has 9 nitrogen and oxygen atoms in total. The van der Waals surface area contributed by atoms with E-state index in [4.69, 9.17) is 9.56 Å². The normalized spacial score (nSPS) is 11.1. The minimum Gasteiger partial charge on any atom is -0.431 e. The summed E-state index contributed by atoms with van der Waals surface area (Å²) in [7, 11) is -3.73. The zero-order valence-electron chi connectivity index (χ0n) is 15.2. The maximum absolute atomic E-state index is 12.1. The van der Waals surface area contributed by atoms with Gasteiger partial charge in [0, 0.05) is 12.1 Å². The van der Waals surface area contributed by atoms with Crippen LogP contribution in [0.2, 0.25) is 0 Å². The van der Waals surface area contributed by atoms with Crippen molar-refractivity contribution >= 4 is 27.9 Å². The third-order valence-corrected chi connectivity index (χ3v) is 4.87. The number of primary sulfonamides is 1. The molecule has 3 aromatic rings. The lowest BCUT2D eigenvalue weighted by molar-refractivity contribution is 0.0948. The first-order chi connectivity index (χ1) is 13.8. The molecular formula is C19H18N4O5S. The molecule has 29 heavy (non-hydrogen) atoms. The van der Waals surface area contributed by atoms with Gasteiger partial charge in [-0.3, -0.25) is 14.9 Å². The molecule has 0 atom stereocenters. The number of benzene rings is 2. The van der Waals surface area contributed by atoms with Crippen molar-refractivity contribution in [2.45, 2.75) is 11.3 Å². The van der Waals surface area contributed by atoms with Crippen molar-refractivity contribution in [1.82, 2.24) is 10.3 Å². The molecule has 0 fully saturated rings. The molecule has 0 radical (unpaired) electrons. The zero-order valence-corrected chi connectivity index (χ0v) is 16.0. The van der Waals surface area contributed by atoms with Crippen molar-refractivity contribution in [2.24, 2.45) is 5.14 Å². The number of nitrogens with zero attached hydrogens (tertiary/aromatic N) is 1. The molecule has 150 valence electrons. The highest BCUT2D eigenvalue weighted by Crippen LogP contribution is 2.11. The van der Waals surface area contributed by atoms with Crippen LogP contribution >= 0.6 is 0 Å². The molecule has 2 aromatic carbocycles. The molecule has 0 unspecified atom stereocenters. The highest BCUT2D eigenvalue weighted by Gasteiger charge is 2.14. The van der Waals surface area contributed by atoms with Gasteiger partial charge in [0.15, 0.2) is 5.69 Å². The highest BCUT2D eigenvalue weighted by atomic mass is 32.2. The Morgan fingerprint density at radius 1 is 1.00 bits per heavy atom. The van der Waals surface area contributed by atoms with Gasteiger partial charge in [-0.15, -0.1) is 0 Å². The van der Waals surface area contributed by atoms with Gasteiger partial charge in [-0.2, -0.15) is 4.98 Å². The number of hydrogen-bond acceptors (Lipinski definition) is 6. The molecule has 1 aromatic heterocycles. The number of anilines is 1. The lowest BCUT2D eigenvalue weighted by Gasteiger charge is -2.04. The van der Waals surface area contributed by atoms with Gasteiger partial charge in [0.1, 0.15) is 6.26 Å². The number of aromatic nitrogens is 1. The van der Waals surface area contributed by atoms with Crippen molar-refractivity contribution in [1.29, 1.82) is 0 Å². The molecule has 0 aliphatic heterocycles. The van der Waals surface area contributed by atoms with Crippen LogP contribution in [0.1, 0.15) is 26.4 Å². The summed E-state index contributed by atoms with van der Waals surface area (Å²) < 4.78 is 27.6. The van der Waals surface area contributed by atoms with Crippen LogP contribution in [0.25, 0.3) is 0 Å². The number of nitrogens with two attached hydrogens (primary N) is 1. The quantitative estimate of drug-likeness (QED) is 0.535. The van der Waals surface area contributed by atoms with Crippen LogP contribution in [0.15, 0.2) is 70.2 Å². The highest BCUT2D eigenvalue weighted by molar-refractivity contribution is 7.89. The van der Waals surface area contributed by atoms with Gasteiger partial charge in [0.25, 0.3) is 11.8 Å². The Kier molecular flexibility index (Phi) is 6.05. The fourth-order valence-electron chi connectivity index (χ4n) is 2.45. The second-order valence-corrected chi connectivity index (χ2v) is 7.61. The molecule has 1 heterocycles. The largest absolute Gasteiger partial charge is 0.431 e. The molecule has 10 heteroatoms. The predicted molar refractivity (Wildman–Crippen MR) is 105 cm³/mol. The van der Waals surface area contributed by atoms with Crippen LogP contribution in [0.3, 0.4) is 0 Å². The van der Waals surface area contributed by atoms with E-state index in [0.717, 1.165) is 11.8 Å². The number of amides is 2. The smallest absolute Gasteiger partial charge is 0.302 e. The average Bonchev–Trinajstić information content (AvgIpc) is 3.17. The van der Waals surface area contributed by atoms with Crippen LogP contribution in [-0.2, 0) is 16.4 Å². The van der Waals surface area contributed by atoms with E-state index in [9.17, 15) is 18.0 Å². The van der Waals surface area contributed by atoms with Gasteiger partial charge in [-0.25, -0.2) is 13.6 Å². The van der Waals surface area contributed by atoms with Crippen molar-refractivity contribution in [2.75, 3.05) is 11.9 Å². The zero-order chi connectivity index (χ0) is 20.9. The van der Waals surface area contributed by atoms with Crippen molar-refractivity contribution in [3.63, 3.8) is 0 Å². The summed E-state index contributed by atoms with van der Waals surface area (Å²) in [6, 6.07) is 14.5. The van der Waals surface area contributed by atoms with Crippen LogP contribution in [0.5, 0.6) is 0 Å². The summed E-state index contributed by atoms with van der Waals surface area (Å²) in [6.07, 6.45) is 1.63. The summed E-state index contributed by atoms with van der Waals surface area (Å²) in [6.45, 7) is 0.298. The number of sulfonamides is 1. The molecule has 4 N–H and O–H groups in total. The maximum atomic E-state index is 12.1. The Balaban J connectivity index is 1.51. The fourth-order valence-corrected chi connectivity index (χ4v) is 2.97. The Labute approximate surface area is 167 Å². The Bertz CT molecular complexity index is 1110. The van der Waals surface area contributed by atoms with Crippen molar-refractivity contribution in [3.8, 4) is 0 Å². The lowest BCUT2D eigenvalue weighted by Crippen LogP contribution is -2.26. The van der Waals surface area contributed by atoms with Gasteiger partial charge in [0.05, 0.1) is 4.90 Å². The van der Waals surface area contributed by atoms with Gasteiger partial charge in [-0.1, -0.05) is 30.3 Å². The summed E-state index contributed by atoms with van der Waals surface area (Å²) in [5.74, 6) is -0.863. The first kappa shape index (κ1) is 20.2. The van der Waals surface area contributed by atoms with Crippen LogP contribution in [0.4, 0.5) is 6.01 Å².